The molecule has 0 radical (unpaired) electrons. The highest BCUT2D eigenvalue weighted by atomic mass is 32.2. The Bertz CT molecular complexity index is 1750. The molecule has 43 heavy (non-hydrogen) atoms. The molecule has 3 heterocycles. The molecule has 2 aromatic heterocycles. The van der Waals surface area contributed by atoms with Crippen LogP contribution in [0, 0.1) is 6.92 Å². The molecule has 1 saturated heterocycles. The number of aromatic nitrogens is 4. The van der Waals surface area contributed by atoms with E-state index in [1.807, 2.05) is 44.2 Å². The Balaban J connectivity index is 0.00000368. The van der Waals surface area contributed by atoms with Gasteiger partial charge in [0.1, 0.15) is 11.6 Å². The maximum Gasteiger partial charge on any atom is 0.277 e. The predicted octanol–water partition coefficient (Wildman–Crippen LogP) is 4.84. The molecule has 0 bridgehead atoms. The van der Waals surface area contributed by atoms with E-state index in [9.17, 15) is 18.3 Å². The van der Waals surface area contributed by atoms with Crippen molar-refractivity contribution in [3.05, 3.63) is 76.0 Å². The molecule has 0 unspecified atom stereocenters. The van der Waals surface area contributed by atoms with Crippen molar-refractivity contribution in [1.29, 1.82) is 0 Å². The lowest BCUT2D eigenvalue weighted by atomic mass is 9.86. The Labute approximate surface area is 252 Å². The highest BCUT2D eigenvalue weighted by Crippen LogP contribution is 2.36. The van der Waals surface area contributed by atoms with Crippen LogP contribution in [0.15, 0.2) is 58.2 Å². The Hall–Kier alpha value is -3.54. The van der Waals surface area contributed by atoms with E-state index in [0.29, 0.717) is 48.4 Å². The van der Waals surface area contributed by atoms with Crippen LogP contribution in [0.2, 0.25) is 0 Å². The number of H-pyrrole nitrogens is 1. The Morgan fingerprint density at radius 2 is 1.79 bits per heavy atom. The van der Waals surface area contributed by atoms with Gasteiger partial charge in [-0.1, -0.05) is 50.6 Å². The fourth-order valence-electron chi connectivity index (χ4n) is 6.34. The second-order valence-electron chi connectivity index (χ2n) is 11.5. The van der Waals surface area contributed by atoms with Gasteiger partial charge in [0.15, 0.2) is 11.3 Å². The molecule has 1 aliphatic heterocycles. The lowest BCUT2D eigenvalue weighted by molar-refractivity contribution is -0.00441. The number of sulfonamides is 1. The Kier molecular flexibility index (Phi) is 8.78. The highest BCUT2D eigenvalue weighted by Gasteiger charge is 2.37. The van der Waals surface area contributed by atoms with Gasteiger partial charge in [-0.05, 0) is 63.3 Å². The number of aliphatic hydroxyl groups is 1. The van der Waals surface area contributed by atoms with Crippen molar-refractivity contribution in [3.8, 4) is 17.1 Å². The van der Waals surface area contributed by atoms with Crippen LogP contribution < -0.4 is 10.3 Å². The Morgan fingerprint density at radius 1 is 1.09 bits per heavy atom. The molecule has 0 spiro atoms. The van der Waals surface area contributed by atoms with Gasteiger partial charge in [0.05, 0.1) is 28.4 Å². The monoisotopic (exact) mass is 607 g/mol. The van der Waals surface area contributed by atoms with Crippen LogP contribution in [-0.4, -0.2) is 62.7 Å². The second-order valence-corrected chi connectivity index (χ2v) is 13.4. The van der Waals surface area contributed by atoms with Gasteiger partial charge >= 0.3 is 0 Å². The van der Waals surface area contributed by atoms with Crippen LogP contribution in [0.3, 0.4) is 0 Å². The summed E-state index contributed by atoms with van der Waals surface area (Å²) in [6.07, 6.45) is 5.37. The zero-order chi connectivity index (χ0) is 29.5. The first-order chi connectivity index (χ1) is 20.2. The molecule has 6 rings (SSSR count). The summed E-state index contributed by atoms with van der Waals surface area (Å²) in [5.41, 5.74) is 1.14. The topological polar surface area (TPSA) is 130 Å². The van der Waals surface area contributed by atoms with E-state index in [2.05, 4.69) is 4.98 Å². The average Bonchev–Trinajstić information content (AvgIpc) is 3.62. The minimum absolute atomic E-state index is 0. The van der Waals surface area contributed by atoms with Crippen molar-refractivity contribution in [2.45, 2.75) is 82.6 Å². The quantitative estimate of drug-likeness (QED) is 0.293. The van der Waals surface area contributed by atoms with Crippen molar-refractivity contribution in [1.82, 2.24) is 23.9 Å². The van der Waals surface area contributed by atoms with Crippen LogP contribution in [0.25, 0.3) is 16.9 Å². The summed E-state index contributed by atoms with van der Waals surface area (Å²) in [6, 6.07) is 14.4. The van der Waals surface area contributed by atoms with Crippen LogP contribution in [0.1, 0.15) is 75.9 Å². The summed E-state index contributed by atoms with van der Waals surface area (Å²) < 4.78 is 36.5. The SMILES string of the molecule is C.CCOc1ccc(S(=O)(=O)N2CCC(O)(Cc3ccccc3)CC2)cc1-c1nn2c(C3CCCC3)nc(C)c2c(=O)[nH]1. The zero-order valence-corrected chi connectivity index (χ0v) is 24.9. The number of nitrogens with zero attached hydrogens (tertiary/aromatic N) is 4. The first kappa shape index (κ1) is 30.9. The third kappa shape index (κ3) is 5.98. The van der Waals surface area contributed by atoms with Crippen LogP contribution >= 0.6 is 0 Å². The average molecular weight is 608 g/mol. The number of rotatable bonds is 8. The van der Waals surface area contributed by atoms with Gasteiger partial charge < -0.3 is 14.8 Å². The molecule has 2 fully saturated rings. The lowest BCUT2D eigenvalue weighted by Crippen LogP contribution is -2.47. The van der Waals surface area contributed by atoms with E-state index in [0.717, 1.165) is 37.1 Å². The van der Waals surface area contributed by atoms with E-state index in [4.69, 9.17) is 14.8 Å². The highest BCUT2D eigenvalue weighted by molar-refractivity contribution is 7.89. The summed E-state index contributed by atoms with van der Waals surface area (Å²) in [5, 5.41) is 16.0. The van der Waals surface area contributed by atoms with Crippen molar-refractivity contribution in [3.63, 3.8) is 0 Å². The van der Waals surface area contributed by atoms with Gasteiger partial charge in [-0.2, -0.15) is 4.31 Å². The molecule has 11 heteroatoms. The summed E-state index contributed by atoms with van der Waals surface area (Å²) in [5.74, 6) is 1.64. The molecule has 0 atom stereocenters. The number of hydrogen-bond donors (Lipinski definition) is 2. The van der Waals surface area contributed by atoms with E-state index in [1.54, 1.807) is 10.6 Å². The van der Waals surface area contributed by atoms with Crippen molar-refractivity contribution in [2.75, 3.05) is 19.7 Å². The van der Waals surface area contributed by atoms with Gasteiger partial charge in [0.2, 0.25) is 10.0 Å². The van der Waals surface area contributed by atoms with E-state index in [1.165, 1.54) is 16.4 Å². The minimum atomic E-state index is -3.89. The first-order valence-electron chi connectivity index (χ1n) is 14.7. The molecule has 1 aliphatic carbocycles. The van der Waals surface area contributed by atoms with Crippen LogP contribution in [-0.2, 0) is 16.4 Å². The summed E-state index contributed by atoms with van der Waals surface area (Å²) in [4.78, 5) is 20.9. The number of fused-ring (bicyclic) bond motifs is 1. The fraction of sp³-hybridized carbons (Fsp3) is 0.469. The fourth-order valence-corrected chi connectivity index (χ4v) is 7.81. The van der Waals surface area contributed by atoms with Gasteiger partial charge in [-0.15, -0.1) is 5.10 Å². The maximum absolute atomic E-state index is 13.8. The van der Waals surface area contributed by atoms with Crippen LogP contribution in [0.4, 0.5) is 0 Å². The molecule has 10 nitrogen and oxygen atoms in total. The van der Waals surface area contributed by atoms with Gasteiger partial charge in [-0.25, -0.2) is 17.9 Å². The predicted molar refractivity (Wildman–Crippen MR) is 166 cm³/mol. The lowest BCUT2D eigenvalue weighted by Gasteiger charge is -2.37. The molecule has 230 valence electrons. The van der Waals surface area contributed by atoms with E-state index in [-0.39, 0.29) is 42.7 Å². The number of aryl methyl sites for hydroxylation is 1. The van der Waals surface area contributed by atoms with Gasteiger partial charge in [-0.3, -0.25) is 4.79 Å². The molecule has 2 aromatic carbocycles. The number of hydrogen-bond acceptors (Lipinski definition) is 7. The molecular formula is C32H41N5O5S. The standard InChI is InChI=1S/C31H37N5O5S.CH4/c1-3-41-26-14-13-24(42(39,40)35-17-15-31(38,16-18-35)20-22-9-5-4-6-10-22)19-25(26)28-33-30(37)27-21(2)32-29(36(27)34-28)23-11-7-8-12-23;/h4-6,9-10,13-14,19,23,38H,3,7-8,11-12,15-18,20H2,1-2H3,(H,33,34,37);1H4. The van der Waals surface area contributed by atoms with Crippen LogP contribution in [0.5, 0.6) is 5.75 Å². The Morgan fingerprint density at radius 3 is 2.47 bits per heavy atom. The summed E-state index contributed by atoms with van der Waals surface area (Å²) in [7, 11) is -3.89. The number of imidazole rings is 1. The number of aromatic amines is 1. The van der Waals surface area contributed by atoms with Gasteiger partial charge in [0.25, 0.3) is 5.56 Å². The first-order valence-corrected chi connectivity index (χ1v) is 16.2. The van der Waals surface area contributed by atoms with E-state index < -0.39 is 15.6 Å². The molecule has 2 aliphatic rings. The van der Waals surface area contributed by atoms with Crippen molar-refractivity contribution in [2.24, 2.45) is 0 Å². The minimum Gasteiger partial charge on any atom is -0.493 e. The number of ether oxygens (including phenoxy) is 1. The number of benzene rings is 2. The third-order valence-corrected chi connectivity index (χ3v) is 10.5. The summed E-state index contributed by atoms with van der Waals surface area (Å²) in [6.45, 7) is 4.41. The van der Waals surface area contributed by atoms with E-state index >= 15 is 0 Å². The van der Waals surface area contributed by atoms with Crippen molar-refractivity contribution < 1.29 is 18.3 Å². The molecular weight excluding hydrogens is 566 g/mol. The second kappa shape index (κ2) is 12.2. The molecule has 4 aromatic rings. The molecule has 1 saturated carbocycles. The normalized spacial score (nSPS) is 17.7. The largest absolute Gasteiger partial charge is 0.493 e. The number of piperidine rings is 1. The maximum atomic E-state index is 13.8. The van der Waals surface area contributed by atoms with Gasteiger partial charge in [0, 0.05) is 25.4 Å². The smallest absolute Gasteiger partial charge is 0.277 e. The molecule has 2 N–H and O–H groups in total. The van der Waals surface area contributed by atoms with Crippen molar-refractivity contribution >= 4 is 15.5 Å². The summed E-state index contributed by atoms with van der Waals surface area (Å²) >= 11 is 0. The molecule has 0 amide bonds. The third-order valence-electron chi connectivity index (χ3n) is 8.59. The zero-order valence-electron chi connectivity index (χ0n) is 24.0. The number of nitrogens with one attached hydrogen (secondary N) is 1.